The van der Waals surface area contributed by atoms with E-state index in [9.17, 15) is 0 Å². The van der Waals surface area contributed by atoms with Gasteiger partial charge < -0.3 is 5.32 Å². The molecule has 5 heteroatoms. The number of nitrogens with one attached hydrogen (secondary N) is 2. The van der Waals surface area contributed by atoms with Crippen molar-refractivity contribution >= 4 is 28.1 Å². The van der Waals surface area contributed by atoms with Crippen LogP contribution in [0.4, 0.5) is 0 Å². The molecule has 0 bridgehead atoms. The summed E-state index contributed by atoms with van der Waals surface area (Å²) in [6.45, 7) is 1.89. The Bertz CT molecular complexity index is 1730. The van der Waals surface area contributed by atoms with E-state index >= 15 is 0 Å². The first kappa shape index (κ1) is 24.2. The second-order valence-corrected chi connectivity index (χ2v) is 9.31. The fourth-order valence-electron chi connectivity index (χ4n) is 4.99. The van der Waals surface area contributed by atoms with Gasteiger partial charge in [-0.05, 0) is 28.8 Å². The van der Waals surface area contributed by atoms with E-state index in [0.29, 0.717) is 11.5 Å². The predicted molar refractivity (Wildman–Crippen MR) is 160 cm³/mol. The van der Waals surface area contributed by atoms with Crippen molar-refractivity contribution in [3.05, 3.63) is 150 Å². The highest BCUT2D eigenvalue weighted by Gasteiger charge is 2.23. The Hall–Kier alpha value is -5.16. The number of aliphatic imine (C=N–C) groups is 2. The SMILES string of the molecule is C/C=C(\N=N)c1ccc(-c2c(C3=NC(c4ccccc4)=NC(c4ccccc4)N3)ccc3ccccc23)cc1. The van der Waals surface area contributed by atoms with Crippen LogP contribution in [0.1, 0.15) is 35.3 Å². The van der Waals surface area contributed by atoms with Gasteiger partial charge in [-0.25, -0.2) is 15.5 Å². The summed E-state index contributed by atoms with van der Waals surface area (Å²) in [5.41, 5.74) is 14.3. The molecule has 2 N–H and O–H groups in total. The standard InChI is InChI=1S/C34H27N5/c1-2-30(39-35)24-17-19-25(20-18-24)31-28-16-10-9-11-23(28)21-22-29(31)34-37-32(26-12-5-3-6-13-26)36-33(38-34)27-14-7-4-8-15-27/h2-22,32,35H,1H3,(H,36,37,38)/b30-2-,39-35?. The molecular formula is C34H27N5. The minimum Gasteiger partial charge on any atom is -0.344 e. The molecule has 0 radical (unpaired) electrons. The van der Waals surface area contributed by atoms with Gasteiger partial charge in [0, 0.05) is 22.3 Å². The van der Waals surface area contributed by atoms with Crippen LogP contribution in [0.2, 0.25) is 0 Å². The number of nitrogens with zero attached hydrogens (tertiary/aromatic N) is 3. The molecule has 5 nitrogen and oxygen atoms in total. The van der Waals surface area contributed by atoms with Gasteiger partial charge in [-0.15, -0.1) is 0 Å². The first-order valence-corrected chi connectivity index (χ1v) is 13.0. The fourth-order valence-corrected chi connectivity index (χ4v) is 4.99. The maximum atomic E-state index is 7.49. The zero-order valence-corrected chi connectivity index (χ0v) is 21.5. The number of hydrogen-bond donors (Lipinski definition) is 2. The first-order valence-electron chi connectivity index (χ1n) is 13.0. The van der Waals surface area contributed by atoms with E-state index in [1.807, 2.05) is 73.7 Å². The molecule has 39 heavy (non-hydrogen) atoms. The molecular weight excluding hydrogens is 478 g/mol. The van der Waals surface area contributed by atoms with Crippen molar-refractivity contribution in [2.24, 2.45) is 15.1 Å². The van der Waals surface area contributed by atoms with Crippen LogP contribution in [0.25, 0.3) is 27.6 Å². The van der Waals surface area contributed by atoms with Crippen LogP contribution >= 0.6 is 0 Å². The Balaban J connectivity index is 1.54. The van der Waals surface area contributed by atoms with Crippen LogP contribution in [0.5, 0.6) is 0 Å². The summed E-state index contributed by atoms with van der Waals surface area (Å²) in [7, 11) is 0. The smallest absolute Gasteiger partial charge is 0.159 e. The van der Waals surface area contributed by atoms with Crippen molar-refractivity contribution in [2.45, 2.75) is 13.1 Å². The highest BCUT2D eigenvalue weighted by atomic mass is 15.2. The Morgan fingerprint density at radius 2 is 1.46 bits per heavy atom. The normalized spacial score (nSPS) is 15.3. The summed E-state index contributed by atoms with van der Waals surface area (Å²) in [6.07, 6.45) is 1.58. The lowest BCUT2D eigenvalue weighted by atomic mass is 9.91. The van der Waals surface area contributed by atoms with E-state index in [2.05, 4.69) is 71.1 Å². The molecule has 1 heterocycles. The van der Waals surface area contributed by atoms with E-state index in [0.717, 1.165) is 50.0 Å². The summed E-state index contributed by atoms with van der Waals surface area (Å²) in [5, 5.41) is 9.58. The molecule has 5 aromatic rings. The topological polar surface area (TPSA) is 73.0 Å². The summed E-state index contributed by atoms with van der Waals surface area (Å²) in [5.74, 6) is 1.47. The van der Waals surface area contributed by atoms with Gasteiger partial charge in [-0.1, -0.05) is 127 Å². The maximum absolute atomic E-state index is 7.49. The molecule has 1 aliphatic heterocycles. The molecule has 1 aliphatic rings. The molecule has 0 aromatic heterocycles. The molecule has 1 atom stereocenters. The Morgan fingerprint density at radius 3 is 2.18 bits per heavy atom. The highest BCUT2D eigenvalue weighted by Crippen LogP contribution is 2.35. The number of rotatable bonds is 6. The predicted octanol–water partition coefficient (Wildman–Crippen LogP) is 8.39. The molecule has 0 amide bonds. The zero-order chi connectivity index (χ0) is 26.6. The van der Waals surface area contributed by atoms with E-state index in [4.69, 9.17) is 15.5 Å². The third kappa shape index (κ3) is 4.78. The number of benzene rings is 5. The van der Waals surface area contributed by atoms with Gasteiger partial charge in [0.1, 0.15) is 12.0 Å². The van der Waals surface area contributed by atoms with Gasteiger partial charge in [0.2, 0.25) is 0 Å². The monoisotopic (exact) mass is 505 g/mol. The molecule has 0 aliphatic carbocycles. The molecule has 0 saturated carbocycles. The van der Waals surface area contributed by atoms with E-state index in [1.54, 1.807) is 0 Å². The summed E-state index contributed by atoms with van der Waals surface area (Å²) in [6, 6.07) is 41.3. The molecule has 188 valence electrons. The van der Waals surface area contributed by atoms with Gasteiger partial charge in [-0.3, -0.25) is 0 Å². The van der Waals surface area contributed by atoms with Gasteiger partial charge in [0.15, 0.2) is 5.84 Å². The maximum Gasteiger partial charge on any atom is 0.159 e. The lowest BCUT2D eigenvalue weighted by molar-refractivity contribution is 0.674. The number of amidine groups is 2. The molecule has 1 unspecified atom stereocenters. The van der Waals surface area contributed by atoms with Crippen molar-refractivity contribution in [3.63, 3.8) is 0 Å². The van der Waals surface area contributed by atoms with Gasteiger partial charge >= 0.3 is 0 Å². The number of hydrogen-bond acceptors (Lipinski definition) is 5. The van der Waals surface area contributed by atoms with Crippen molar-refractivity contribution in [1.29, 1.82) is 5.53 Å². The minimum atomic E-state index is -0.272. The summed E-state index contributed by atoms with van der Waals surface area (Å²) < 4.78 is 0. The summed E-state index contributed by atoms with van der Waals surface area (Å²) in [4.78, 5) is 10.1. The Kier molecular flexibility index (Phi) is 6.62. The first-order chi connectivity index (χ1) is 19.2. The van der Waals surface area contributed by atoms with Crippen LogP contribution in [-0.2, 0) is 0 Å². The quantitative estimate of drug-likeness (QED) is 0.223. The van der Waals surface area contributed by atoms with E-state index < -0.39 is 0 Å². The third-order valence-electron chi connectivity index (χ3n) is 6.94. The van der Waals surface area contributed by atoms with Crippen molar-refractivity contribution in [3.8, 4) is 11.1 Å². The largest absolute Gasteiger partial charge is 0.344 e. The van der Waals surface area contributed by atoms with E-state index in [-0.39, 0.29) is 6.17 Å². The fraction of sp³-hybridized carbons (Fsp3) is 0.0588. The van der Waals surface area contributed by atoms with Crippen molar-refractivity contribution in [1.82, 2.24) is 5.32 Å². The second-order valence-electron chi connectivity index (χ2n) is 9.31. The van der Waals surface area contributed by atoms with Crippen molar-refractivity contribution in [2.75, 3.05) is 0 Å². The molecule has 0 fully saturated rings. The van der Waals surface area contributed by atoms with Crippen molar-refractivity contribution < 1.29 is 0 Å². The van der Waals surface area contributed by atoms with Gasteiger partial charge in [0.05, 0.1) is 5.70 Å². The van der Waals surface area contributed by atoms with Gasteiger partial charge in [0.25, 0.3) is 0 Å². The Labute approximate surface area is 227 Å². The third-order valence-corrected chi connectivity index (χ3v) is 6.94. The second kappa shape index (κ2) is 10.7. The van der Waals surface area contributed by atoms with Crippen LogP contribution in [0.15, 0.2) is 143 Å². The number of allylic oxidation sites excluding steroid dienone is 1. The van der Waals surface area contributed by atoms with E-state index in [1.165, 1.54) is 0 Å². The average molecular weight is 506 g/mol. The molecule has 5 aromatic carbocycles. The lowest BCUT2D eigenvalue weighted by Gasteiger charge is -2.25. The number of fused-ring (bicyclic) bond motifs is 1. The highest BCUT2D eigenvalue weighted by molar-refractivity contribution is 6.18. The molecule has 0 spiro atoms. The Morgan fingerprint density at radius 1 is 0.769 bits per heavy atom. The zero-order valence-electron chi connectivity index (χ0n) is 21.5. The van der Waals surface area contributed by atoms with Crippen LogP contribution in [0, 0.1) is 5.53 Å². The minimum absolute atomic E-state index is 0.272. The summed E-state index contributed by atoms with van der Waals surface area (Å²) >= 11 is 0. The average Bonchev–Trinajstić information content (AvgIpc) is 3.02. The lowest BCUT2D eigenvalue weighted by Crippen LogP contribution is -2.34. The van der Waals surface area contributed by atoms with Crippen LogP contribution in [0.3, 0.4) is 0 Å². The van der Waals surface area contributed by atoms with Crippen LogP contribution in [-0.4, -0.2) is 11.7 Å². The molecule has 6 rings (SSSR count). The molecule has 0 saturated heterocycles. The van der Waals surface area contributed by atoms with Crippen LogP contribution < -0.4 is 5.32 Å². The van der Waals surface area contributed by atoms with Gasteiger partial charge in [-0.2, -0.15) is 5.11 Å².